The van der Waals surface area contributed by atoms with Gasteiger partial charge in [0, 0.05) is 19.3 Å². The van der Waals surface area contributed by atoms with E-state index in [4.69, 9.17) is 9.47 Å². The number of ether oxygens (including phenoxy) is 2. The third kappa shape index (κ3) is 4.36. The largest absolute Gasteiger partial charge is 0.507 e. The lowest BCUT2D eigenvalue weighted by Gasteiger charge is -2.24. The molecule has 0 saturated carbocycles. The molecule has 7 heteroatoms. The zero-order valence-corrected chi connectivity index (χ0v) is 17.4. The Morgan fingerprint density at radius 1 is 1.17 bits per heavy atom. The zero-order chi connectivity index (χ0) is 21.7. The van der Waals surface area contributed by atoms with Gasteiger partial charge in [0.15, 0.2) is 0 Å². The molecule has 0 spiro atoms. The monoisotopic (exact) mass is 410 g/mol. The summed E-state index contributed by atoms with van der Waals surface area (Å²) in [6.45, 7) is 4.64. The maximum Gasteiger partial charge on any atom is 0.295 e. The molecule has 7 nitrogen and oxygen atoms in total. The molecular formula is C23H26N2O5. The van der Waals surface area contributed by atoms with Crippen molar-refractivity contribution in [2.24, 2.45) is 0 Å². The van der Waals surface area contributed by atoms with Crippen molar-refractivity contribution in [2.75, 3.05) is 20.3 Å². The number of aliphatic hydroxyl groups excluding tert-OH is 1. The molecule has 1 saturated heterocycles. The summed E-state index contributed by atoms with van der Waals surface area (Å²) in [6, 6.07) is 11.3. The number of hydrogen-bond donors (Lipinski definition) is 1. The van der Waals surface area contributed by atoms with Crippen LogP contribution in [0.2, 0.25) is 0 Å². The third-order valence-electron chi connectivity index (χ3n) is 4.86. The molecule has 1 N–H and O–H groups in total. The highest BCUT2D eigenvalue weighted by Crippen LogP contribution is 2.40. The Morgan fingerprint density at radius 3 is 2.57 bits per heavy atom. The molecule has 158 valence electrons. The predicted octanol–water partition coefficient (Wildman–Crippen LogP) is 3.33. The minimum atomic E-state index is -0.782. The Morgan fingerprint density at radius 2 is 1.90 bits per heavy atom. The summed E-state index contributed by atoms with van der Waals surface area (Å²) >= 11 is 0. The van der Waals surface area contributed by atoms with Crippen molar-refractivity contribution < 1.29 is 24.2 Å². The van der Waals surface area contributed by atoms with Crippen LogP contribution in [0, 0.1) is 0 Å². The predicted molar refractivity (Wildman–Crippen MR) is 112 cm³/mol. The van der Waals surface area contributed by atoms with Crippen LogP contribution < -0.4 is 4.74 Å². The van der Waals surface area contributed by atoms with E-state index in [0.717, 1.165) is 0 Å². The van der Waals surface area contributed by atoms with Crippen LogP contribution in [0.15, 0.2) is 54.2 Å². The minimum Gasteiger partial charge on any atom is -0.507 e. The molecule has 1 aliphatic rings. The fraction of sp³-hybridized carbons (Fsp3) is 0.348. The Bertz CT molecular complexity index is 940. The number of nitrogens with zero attached hydrogens (tertiary/aromatic N) is 2. The van der Waals surface area contributed by atoms with Crippen LogP contribution in [0.25, 0.3) is 5.76 Å². The lowest BCUT2D eigenvalue weighted by atomic mass is 9.98. The topological polar surface area (TPSA) is 89.0 Å². The van der Waals surface area contributed by atoms with E-state index >= 15 is 0 Å². The van der Waals surface area contributed by atoms with Crippen molar-refractivity contribution in [3.8, 4) is 5.75 Å². The van der Waals surface area contributed by atoms with Gasteiger partial charge in [0.2, 0.25) is 0 Å². The normalized spacial score (nSPS) is 18.3. The molecule has 1 aromatic heterocycles. The van der Waals surface area contributed by atoms with Gasteiger partial charge in [0.05, 0.1) is 30.0 Å². The highest BCUT2D eigenvalue weighted by molar-refractivity contribution is 6.46. The lowest BCUT2D eigenvalue weighted by molar-refractivity contribution is -0.140. The molecule has 1 amide bonds. The second-order valence-corrected chi connectivity index (χ2v) is 7.22. The van der Waals surface area contributed by atoms with E-state index in [2.05, 4.69) is 4.98 Å². The molecule has 1 fully saturated rings. The molecule has 2 aromatic rings. The van der Waals surface area contributed by atoms with Gasteiger partial charge in [-0.3, -0.25) is 14.6 Å². The first kappa shape index (κ1) is 21.5. The number of amides is 1. The van der Waals surface area contributed by atoms with Gasteiger partial charge < -0.3 is 19.5 Å². The van der Waals surface area contributed by atoms with E-state index in [-0.39, 0.29) is 17.4 Å². The Hall–Kier alpha value is -3.19. The maximum atomic E-state index is 12.9. The number of methoxy groups -OCH3 is 1. The zero-order valence-electron chi connectivity index (χ0n) is 17.4. The summed E-state index contributed by atoms with van der Waals surface area (Å²) in [5, 5.41) is 11.1. The van der Waals surface area contributed by atoms with Crippen LogP contribution in [0.4, 0.5) is 0 Å². The standard InChI is InChI=1S/C23H26N2O5/c1-15(2)30-14-8-13-25-20(17-10-6-7-12-24-17)19(22(27)23(25)28)21(26)16-9-4-5-11-18(16)29-3/h4-7,9-12,15,20,26H,8,13-14H2,1-3H3/b21-19-. The summed E-state index contributed by atoms with van der Waals surface area (Å²) < 4.78 is 10.9. The molecule has 3 rings (SSSR count). The molecule has 30 heavy (non-hydrogen) atoms. The van der Waals surface area contributed by atoms with Crippen LogP contribution >= 0.6 is 0 Å². The molecule has 1 unspecified atom stereocenters. The van der Waals surface area contributed by atoms with Crippen molar-refractivity contribution >= 4 is 17.4 Å². The number of carbonyl (C=O) groups excluding carboxylic acids is 2. The maximum absolute atomic E-state index is 12.9. The molecule has 0 bridgehead atoms. The van der Waals surface area contributed by atoms with Gasteiger partial charge in [-0.25, -0.2) is 0 Å². The molecule has 1 aliphatic heterocycles. The number of likely N-dealkylation sites (tertiary alicyclic amines) is 1. The Labute approximate surface area is 175 Å². The third-order valence-corrected chi connectivity index (χ3v) is 4.86. The van der Waals surface area contributed by atoms with Gasteiger partial charge in [0.1, 0.15) is 17.6 Å². The number of aromatic nitrogens is 1. The number of Topliss-reactive ketones (excluding diaryl/α,β-unsaturated/α-hetero) is 1. The number of ketones is 1. The van der Waals surface area contributed by atoms with E-state index < -0.39 is 17.7 Å². The minimum absolute atomic E-state index is 0.00739. The molecular weight excluding hydrogens is 384 g/mol. The van der Waals surface area contributed by atoms with E-state index in [1.165, 1.54) is 12.0 Å². The van der Waals surface area contributed by atoms with Crippen LogP contribution in [-0.4, -0.2) is 53.0 Å². The fourth-order valence-corrected chi connectivity index (χ4v) is 3.50. The van der Waals surface area contributed by atoms with Crippen molar-refractivity contribution in [3.63, 3.8) is 0 Å². The van der Waals surface area contributed by atoms with Crippen LogP contribution in [0.1, 0.15) is 37.6 Å². The summed E-state index contributed by atoms with van der Waals surface area (Å²) in [4.78, 5) is 31.6. The van der Waals surface area contributed by atoms with Crippen molar-refractivity contribution in [1.82, 2.24) is 9.88 Å². The quantitative estimate of drug-likeness (QED) is 0.311. The van der Waals surface area contributed by atoms with Crippen LogP contribution in [0.3, 0.4) is 0 Å². The summed E-state index contributed by atoms with van der Waals surface area (Å²) in [5.41, 5.74) is 0.868. The number of carbonyl (C=O) groups is 2. The molecule has 0 aliphatic carbocycles. The van der Waals surface area contributed by atoms with Crippen molar-refractivity contribution in [1.29, 1.82) is 0 Å². The average molecular weight is 410 g/mol. The van der Waals surface area contributed by atoms with Crippen LogP contribution in [0.5, 0.6) is 5.75 Å². The average Bonchev–Trinajstić information content (AvgIpc) is 3.01. The SMILES string of the molecule is COc1ccccc1/C(O)=C1/C(=O)C(=O)N(CCCOC(C)C)C1c1ccccn1. The van der Waals surface area contributed by atoms with E-state index in [9.17, 15) is 14.7 Å². The highest BCUT2D eigenvalue weighted by Gasteiger charge is 2.46. The van der Waals surface area contributed by atoms with Gasteiger partial charge in [0.25, 0.3) is 11.7 Å². The van der Waals surface area contributed by atoms with Gasteiger partial charge in [-0.1, -0.05) is 18.2 Å². The number of benzene rings is 1. The van der Waals surface area contributed by atoms with Gasteiger partial charge in [-0.2, -0.15) is 0 Å². The number of hydrogen-bond acceptors (Lipinski definition) is 6. The lowest BCUT2D eigenvalue weighted by Crippen LogP contribution is -2.31. The van der Waals surface area contributed by atoms with Gasteiger partial charge >= 0.3 is 0 Å². The first-order valence-electron chi connectivity index (χ1n) is 9.90. The Balaban J connectivity index is 2.04. The van der Waals surface area contributed by atoms with E-state index in [1.54, 1.807) is 48.7 Å². The van der Waals surface area contributed by atoms with Crippen LogP contribution in [-0.2, 0) is 14.3 Å². The number of rotatable bonds is 8. The van der Waals surface area contributed by atoms with Gasteiger partial charge in [-0.15, -0.1) is 0 Å². The van der Waals surface area contributed by atoms with Crippen molar-refractivity contribution in [3.05, 3.63) is 65.5 Å². The van der Waals surface area contributed by atoms with E-state index in [0.29, 0.717) is 36.6 Å². The molecule has 2 heterocycles. The fourth-order valence-electron chi connectivity index (χ4n) is 3.50. The van der Waals surface area contributed by atoms with E-state index in [1.807, 2.05) is 13.8 Å². The second-order valence-electron chi connectivity index (χ2n) is 7.22. The second kappa shape index (κ2) is 9.54. The molecule has 0 radical (unpaired) electrons. The summed E-state index contributed by atoms with van der Waals surface area (Å²) in [6.07, 6.45) is 2.24. The first-order chi connectivity index (χ1) is 14.5. The smallest absolute Gasteiger partial charge is 0.295 e. The molecule has 1 atom stereocenters. The number of aliphatic hydroxyl groups is 1. The number of pyridine rings is 1. The summed E-state index contributed by atoms with van der Waals surface area (Å²) in [7, 11) is 1.48. The summed E-state index contributed by atoms with van der Waals surface area (Å²) in [5.74, 6) is -1.26. The van der Waals surface area contributed by atoms with Gasteiger partial charge in [-0.05, 0) is 44.5 Å². The van der Waals surface area contributed by atoms with Crippen molar-refractivity contribution in [2.45, 2.75) is 32.4 Å². The number of para-hydroxylation sites is 1. The first-order valence-corrected chi connectivity index (χ1v) is 9.90. The highest BCUT2D eigenvalue weighted by atomic mass is 16.5. The Kier molecular flexibility index (Phi) is 6.84. The molecule has 1 aromatic carbocycles.